The zero-order chi connectivity index (χ0) is 12.8. The Labute approximate surface area is 106 Å². The van der Waals surface area contributed by atoms with E-state index in [9.17, 15) is 0 Å². The smallest absolute Gasteiger partial charge is 0.123 e. The first-order chi connectivity index (χ1) is 8.79. The molecule has 0 fully saturated rings. The van der Waals surface area contributed by atoms with Gasteiger partial charge in [0.1, 0.15) is 5.82 Å². The molecular formula is C15H13N3. The number of pyridine rings is 1. The zero-order valence-electron chi connectivity index (χ0n) is 9.98. The fourth-order valence-electron chi connectivity index (χ4n) is 1.66. The maximum Gasteiger partial charge on any atom is 0.123 e. The molecule has 2 N–H and O–H groups in total. The summed E-state index contributed by atoms with van der Waals surface area (Å²) < 4.78 is 0. The average molecular weight is 235 g/mol. The molecule has 1 aromatic carbocycles. The van der Waals surface area contributed by atoms with Crippen molar-refractivity contribution in [1.82, 2.24) is 4.98 Å². The number of unbranched alkanes of at least 4 members (excludes halogenated alkanes) is 2. The van der Waals surface area contributed by atoms with Gasteiger partial charge in [0, 0.05) is 30.0 Å². The van der Waals surface area contributed by atoms with Gasteiger partial charge in [0.2, 0.25) is 0 Å². The van der Waals surface area contributed by atoms with Gasteiger partial charge < -0.3 is 5.73 Å². The lowest BCUT2D eigenvalue weighted by Gasteiger charge is -1.99. The highest BCUT2D eigenvalue weighted by molar-refractivity contribution is 5.84. The molecule has 0 amide bonds. The number of nitrogens with zero attached hydrogens (tertiary/aromatic N) is 2. The van der Waals surface area contributed by atoms with Gasteiger partial charge in [0.15, 0.2) is 0 Å². The van der Waals surface area contributed by atoms with Gasteiger partial charge in [-0.15, -0.1) is 0 Å². The highest BCUT2D eigenvalue weighted by atomic mass is 14.8. The van der Waals surface area contributed by atoms with E-state index in [2.05, 4.69) is 22.9 Å². The molecule has 0 radical (unpaired) electrons. The lowest BCUT2D eigenvalue weighted by molar-refractivity contribution is 0.894. The molecule has 1 aromatic heterocycles. The van der Waals surface area contributed by atoms with Gasteiger partial charge in [-0.1, -0.05) is 17.9 Å². The van der Waals surface area contributed by atoms with Crippen LogP contribution in [-0.4, -0.2) is 4.98 Å². The van der Waals surface area contributed by atoms with Crippen molar-refractivity contribution < 1.29 is 0 Å². The summed E-state index contributed by atoms with van der Waals surface area (Å²) in [4.78, 5) is 4.04. The first kappa shape index (κ1) is 12.0. The number of fused-ring (bicyclic) bond motifs is 1. The molecule has 18 heavy (non-hydrogen) atoms. The first-order valence-electron chi connectivity index (χ1n) is 5.81. The topological polar surface area (TPSA) is 62.7 Å². The molecule has 0 aliphatic rings. The summed E-state index contributed by atoms with van der Waals surface area (Å²) in [7, 11) is 0. The Bertz CT molecular complexity index is 657. The quantitative estimate of drug-likeness (QED) is 0.643. The summed E-state index contributed by atoms with van der Waals surface area (Å²) in [6.07, 6.45) is 3.90. The SMILES string of the molecule is N#CCCCC#Cc1ccc2cnc(N)cc2c1. The molecular weight excluding hydrogens is 222 g/mol. The molecule has 0 atom stereocenters. The molecule has 88 valence electrons. The van der Waals surface area contributed by atoms with Crippen molar-refractivity contribution in [2.75, 3.05) is 5.73 Å². The number of nitrogen functional groups attached to an aromatic ring is 1. The van der Waals surface area contributed by atoms with Gasteiger partial charge in [0.25, 0.3) is 0 Å². The number of rotatable bonds is 2. The molecule has 3 heteroatoms. The lowest BCUT2D eigenvalue weighted by atomic mass is 10.1. The molecule has 0 spiro atoms. The number of anilines is 1. The van der Waals surface area contributed by atoms with Crippen LogP contribution in [0.4, 0.5) is 5.82 Å². The summed E-state index contributed by atoms with van der Waals surface area (Å²) in [5, 5.41) is 10.5. The number of benzene rings is 1. The standard InChI is InChI=1S/C15H13N3/c16-8-4-2-1-3-5-12-6-7-13-11-18-15(17)10-14(13)9-12/h6-7,9-11H,1-2,4H2,(H2,17,18). The Kier molecular flexibility index (Phi) is 3.79. The molecule has 0 aliphatic carbocycles. The van der Waals surface area contributed by atoms with Crippen molar-refractivity contribution in [2.24, 2.45) is 0 Å². The third-order valence-corrected chi connectivity index (χ3v) is 2.57. The average Bonchev–Trinajstić information content (AvgIpc) is 2.38. The largest absolute Gasteiger partial charge is 0.384 e. The van der Waals surface area contributed by atoms with Crippen molar-refractivity contribution >= 4 is 16.6 Å². The third-order valence-electron chi connectivity index (χ3n) is 2.57. The molecule has 2 rings (SSSR count). The van der Waals surface area contributed by atoms with E-state index in [1.165, 1.54) is 0 Å². The van der Waals surface area contributed by atoms with Crippen LogP contribution in [0, 0.1) is 23.2 Å². The predicted molar refractivity (Wildman–Crippen MR) is 72.5 cm³/mol. The van der Waals surface area contributed by atoms with Crippen molar-refractivity contribution in [3.05, 3.63) is 36.0 Å². The van der Waals surface area contributed by atoms with Gasteiger partial charge >= 0.3 is 0 Å². The number of hydrogen-bond acceptors (Lipinski definition) is 3. The van der Waals surface area contributed by atoms with E-state index in [1.54, 1.807) is 6.20 Å². The van der Waals surface area contributed by atoms with E-state index < -0.39 is 0 Å². The molecule has 1 heterocycles. The molecule has 0 saturated carbocycles. The molecule has 0 aliphatic heterocycles. The van der Waals surface area contributed by atoms with Crippen LogP contribution in [0.2, 0.25) is 0 Å². The Hall–Kier alpha value is -2.52. The molecule has 2 aromatic rings. The summed E-state index contributed by atoms with van der Waals surface area (Å²) in [6, 6.07) is 9.91. The van der Waals surface area contributed by atoms with E-state index in [0.717, 1.165) is 29.2 Å². The minimum atomic E-state index is 0.515. The summed E-state index contributed by atoms with van der Waals surface area (Å²) in [6.45, 7) is 0. The Morgan fingerprint density at radius 2 is 2.06 bits per heavy atom. The van der Waals surface area contributed by atoms with Crippen LogP contribution in [0.5, 0.6) is 0 Å². The van der Waals surface area contributed by atoms with E-state index in [1.807, 2.05) is 24.3 Å². The minimum absolute atomic E-state index is 0.515. The molecule has 0 unspecified atom stereocenters. The second-order valence-corrected chi connectivity index (χ2v) is 3.98. The van der Waals surface area contributed by atoms with Crippen LogP contribution in [0.1, 0.15) is 24.8 Å². The highest BCUT2D eigenvalue weighted by Crippen LogP contribution is 2.16. The Balaban J connectivity index is 2.17. The second-order valence-electron chi connectivity index (χ2n) is 3.98. The normalized spacial score (nSPS) is 9.50. The summed E-state index contributed by atoms with van der Waals surface area (Å²) in [5.41, 5.74) is 6.61. The van der Waals surface area contributed by atoms with Gasteiger partial charge in [-0.2, -0.15) is 5.26 Å². The minimum Gasteiger partial charge on any atom is -0.384 e. The molecule has 3 nitrogen and oxygen atoms in total. The molecule has 0 bridgehead atoms. The van der Waals surface area contributed by atoms with Gasteiger partial charge in [0.05, 0.1) is 6.07 Å². The van der Waals surface area contributed by atoms with Crippen LogP contribution < -0.4 is 5.73 Å². The van der Waals surface area contributed by atoms with Crippen LogP contribution in [0.15, 0.2) is 30.5 Å². The van der Waals surface area contributed by atoms with E-state index >= 15 is 0 Å². The van der Waals surface area contributed by atoms with Gasteiger partial charge in [-0.05, 0) is 30.0 Å². The number of hydrogen-bond donors (Lipinski definition) is 1. The Morgan fingerprint density at radius 3 is 2.89 bits per heavy atom. The van der Waals surface area contributed by atoms with Crippen molar-refractivity contribution in [1.29, 1.82) is 5.26 Å². The zero-order valence-corrected chi connectivity index (χ0v) is 9.98. The summed E-state index contributed by atoms with van der Waals surface area (Å²) in [5.74, 6) is 6.68. The van der Waals surface area contributed by atoms with Gasteiger partial charge in [-0.25, -0.2) is 4.98 Å². The lowest BCUT2D eigenvalue weighted by Crippen LogP contribution is -1.88. The van der Waals surface area contributed by atoms with E-state index in [-0.39, 0.29) is 0 Å². The van der Waals surface area contributed by atoms with Crippen LogP contribution in [-0.2, 0) is 0 Å². The Morgan fingerprint density at radius 1 is 1.17 bits per heavy atom. The summed E-state index contributed by atoms with van der Waals surface area (Å²) >= 11 is 0. The van der Waals surface area contributed by atoms with E-state index in [4.69, 9.17) is 11.0 Å². The predicted octanol–water partition coefficient (Wildman–Crippen LogP) is 2.86. The highest BCUT2D eigenvalue weighted by Gasteiger charge is 1.96. The van der Waals surface area contributed by atoms with Crippen LogP contribution >= 0.6 is 0 Å². The van der Waals surface area contributed by atoms with Crippen molar-refractivity contribution in [2.45, 2.75) is 19.3 Å². The van der Waals surface area contributed by atoms with Crippen LogP contribution in [0.25, 0.3) is 10.8 Å². The molecule has 0 saturated heterocycles. The maximum absolute atomic E-state index is 8.41. The first-order valence-corrected chi connectivity index (χ1v) is 5.81. The number of aromatic nitrogens is 1. The van der Waals surface area contributed by atoms with Gasteiger partial charge in [-0.3, -0.25) is 0 Å². The third kappa shape index (κ3) is 2.99. The van der Waals surface area contributed by atoms with Crippen molar-refractivity contribution in [3.63, 3.8) is 0 Å². The monoisotopic (exact) mass is 235 g/mol. The number of nitriles is 1. The van der Waals surface area contributed by atoms with E-state index in [0.29, 0.717) is 12.2 Å². The number of nitrogens with two attached hydrogens (primary N) is 1. The van der Waals surface area contributed by atoms with Crippen LogP contribution in [0.3, 0.4) is 0 Å². The maximum atomic E-state index is 8.41. The van der Waals surface area contributed by atoms with Crippen molar-refractivity contribution in [3.8, 4) is 17.9 Å². The second kappa shape index (κ2) is 5.70. The fourth-order valence-corrected chi connectivity index (χ4v) is 1.66. The fraction of sp³-hybridized carbons (Fsp3) is 0.200.